The molecule has 0 spiro atoms. The number of rotatable bonds is 9. The lowest BCUT2D eigenvalue weighted by Crippen LogP contribution is -2.71. The van der Waals surface area contributed by atoms with Crippen LogP contribution in [0.5, 0.6) is 0 Å². The van der Waals surface area contributed by atoms with Crippen molar-refractivity contribution < 1.29 is 33.3 Å². The Labute approximate surface area is 214 Å². The summed E-state index contributed by atoms with van der Waals surface area (Å²) in [6.07, 6.45) is 5.61. The van der Waals surface area contributed by atoms with Crippen LogP contribution in [0, 0.1) is 0 Å². The molecule has 2 aliphatic heterocycles. The van der Waals surface area contributed by atoms with Crippen molar-refractivity contribution in [2.75, 3.05) is 24.8 Å². The summed E-state index contributed by atoms with van der Waals surface area (Å²) in [5, 5.41) is 21.2. The Morgan fingerprint density at radius 2 is 2.25 bits per heavy atom. The summed E-state index contributed by atoms with van der Waals surface area (Å²) in [6, 6.07) is -1.01. The summed E-state index contributed by atoms with van der Waals surface area (Å²) >= 11 is 3.94. The van der Waals surface area contributed by atoms with E-state index in [1.807, 2.05) is 33.1 Å². The van der Waals surface area contributed by atoms with Gasteiger partial charge in [-0.2, -0.15) is 4.40 Å². The van der Waals surface area contributed by atoms with E-state index in [2.05, 4.69) is 15.5 Å². The average Bonchev–Trinajstić information content (AvgIpc) is 3.56. The number of fused-ring (bicyclic) bond motifs is 2. The summed E-state index contributed by atoms with van der Waals surface area (Å²) in [5.74, 6) is -2.52. The fraction of sp³-hybridized carbons (Fsp3) is 0.300. The van der Waals surface area contributed by atoms with Gasteiger partial charge in [0.2, 0.25) is 11.2 Å². The number of nitrogens with two attached hydrogens (primary N) is 1. The lowest BCUT2D eigenvalue weighted by atomic mass is 10.0. The van der Waals surface area contributed by atoms with Gasteiger partial charge in [0.1, 0.15) is 49.3 Å². The van der Waals surface area contributed by atoms with Gasteiger partial charge < -0.3 is 25.8 Å². The minimum absolute atomic E-state index is 0.107. The Bertz CT molecular complexity index is 1380. The third kappa shape index (κ3) is 4.42. The van der Waals surface area contributed by atoms with Gasteiger partial charge in [0.05, 0.1) is 11.7 Å². The number of amides is 2. The largest absolute Gasteiger partial charge is 0.543 e. The van der Waals surface area contributed by atoms with E-state index < -0.39 is 35.9 Å². The van der Waals surface area contributed by atoms with Crippen LogP contribution in [0.25, 0.3) is 4.83 Å². The van der Waals surface area contributed by atoms with E-state index in [0.29, 0.717) is 11.3 Å². The second-order valence-electron chi connectivity index (χ2n) is 7.70. The number of thioether (sulfide) groups is 1. The van der Waals surface area contributed by atoms with Gasteiger partial charge in [0, 0.05) is 22.1 Å². The Balaban J connectivity index is 1.34. The van der Waals surface area contributed by atoms with Crippen molar-refractivity contribution in [3.63, 3.8) is 0 Å². The number of hydrogen-bond donors (Lipinski definition) is 2. The zero-order valence-corrected chi connectivity index (χ0v) is 20.8. The molecule has 1 fully saturated rings. The number of aliphatic carboxylic acids is 1. The Morgan fingerprint density at radius 3 is 2.94 bits per heavy atom. The zero-order valence-electron chi connectivity index (χ0n) is 18.3. The van der Waals surface area contributed by atoms with Gasteiger partial charge in [0.15, 0.2) is 10.8 Å². The van der Waals surface area contributed by atoms with Crippen LogP contribution in [-0.2, 0) is 25.8 Å². The molecule has 0 unspecified atom stereocenters. The second kappa shape index (κ2) is 9.87. The topological polar surface area (TPSA) is 158 Å². The lowest BCUT2D eigenvalue weighted by Gasteiger charge is -2.50. The molecule has 1 saturated heterocycles. The molecule has 2 atom stereocenters. The zero-order chi connectivity index (χ0) is 25.4. The number of β-lactam (4-membered cyclic amide) rings is 1. The summed E-state index contributed by atoms with van der Waals surface area (Å²) in [6.45, 7) is -0.912. The number of thiazole rings is 2. The molecule has 12 nitrogen and oxygen atoms in total. The van der Waals surface area contributed by atoms with Gasteiger partial charge in [0.25, 0.3) is 11.8 Å². The maximum Gasteiger partial charge on any atom is 0.276 e. The number of alkyl halides is 1. The van der Waals surface area contributed by atoms with E-state index >= 15 is 0 Å². The van der Waals surface area contributed by atoms with E-state index in [1.165, 1.54) is 17.1 Å². The minimum Gasteiger partial charge on any atom is -0.543 e. The van der Waals surface area contributed by atoms with Crippen molar-refractivity contribution >= 4 is 67.9 Å². The number of hydrogen-bond acceptors (Lipinski definition) is 11. The molecule has 0 bridgehead atoms. The first kappa shape index (κ1) is 24.2. The smallest absolute Gasteiger partial charge is 0.276 e. The molecule has 16 heteroatoms. The van der Waals surface area contributed by atoms with Crippen molar-refractivity contribution in [2.45, 2.75) is 18.0 Å². The third-order valence-electron chi connectivity index (χ3n) is 5.42. The van der Waals surface area contributed by atoms with Crippen LogP contribution in [0.2, 0.25) is 0 Å². The van der Waals surface area contributed by atoms with E-state index in [9.17, 15) is 23.9 Å². The number of carboxylic acids is 1. The number of carbonyl (C=O) groups is 3. The quantitative estimate of drug-likeness (QED) is 0.114. The summed E-state index contributed by atoms with van der Waals surface area (Å²) < 4.78 is 16.2. The molecular weight excluding hydrogens is 533 g/mol. The molecule has 5 rings (SSSR count). The highest BCUT2D eigenvalue weighted by Crippen LogP contribution is 2.40. The van der Waals surface area contributed by atoms with E-state index in [0.717, 1.165) is 21.1 Å². The van der Waals surface area contributed by atoms with Crippen molar-refractivity contribution in [2.24, 2.45) is 5.16 Å². The molecule has 0 aromatic carbocycles. The Hall–Kier alpha value is -3.50. The number of nitrogens with one attached hydrogen (secondary N) is 1. The highest BCUT2D eigenvalue weighted by molar-refractivity contribution is 8.00. The van der Waals surface area contributed by atoms with E-state index in [4.69, 9.17) is 10.6 Å². The predicted octanol–water partition coefficient (Wildman–Crippen LogP) is -0.879. The SMILES string of the molecule is Nc1nc(/C(=N/OCCF)C(=O)N[C@@H]2C(=O)N3C(C(=O)[O-])=C(C[n+]4cc5sccn5c4)CS[C@H]23)cs1. The first-order chi connectivity index (χ1) is 17.4. The second-order valence-corrected chi connectivity index (χ2v) is 10.6. The number of anilines is 1. The molecule has 5 heterocycles. The fourth-order valence-corrected chi connectivity index (χ4v) is 6.52. The van der Waals surface area contributed by atoms with Crippen LogP contribution in [0.1, 0.15) is 5.69 Å². The Kier molecular flexibility index (Phi) is 6.63. The standard InChI is InChI=1S/C20H18FN7O5S3/c21-1-3-33-25-13(11-8-36-20(22)23-11)16(29)24-14-17(30)28-15(19(31)32)10(7-35-18(14)28)5-26-6-12-27(9-26)2-4-34-12/h2,4,6,8-9,14,18H,1,3,5,7H2,(H3-,22,23,24,29,31,32)/b25-13-/t14-,18-/m1/s1. The van der Waals surface area contributed by atoms with Crippen LogP contribution in [0.4, 0.5) is 9.52 Å². The molecule has 3 aromatic rings. The number of carboxylic acid groups (broad SMARTS) is 1. The number of imidazole rings is 1. The number of halogens is 1. The molecular formula is C20H18FN7O5S3. The maximum atomic E-state index is 13.0. The molecule has 0 radical (unpaired) electrons. The molecule has 188 valence electrons. The first-order valence-corrected chi connectivity index (χ1v) is 13.3. The summed E-state index contributed by atoms with van der Waals surface area (Å²) in [4.78, 5) is 48.9. The first-order valence-electron chi connectivity index (χ1n) is 10.5. The van der Waals surface area contributed by atoms with Gasteiger partial charge >= 0.3 is 0 Å². The summed E-state index contributed by atoms with van der Waals surface area (Å²) in [7, 11) is 0. The number of nitrogen functional groups attached to an aromatic ring is 1. The van der Waals surface area contributed by atoms with Gasteiger partial charge in [-0.1, -0.05) is 16.5 Å². The number of aromatic nitrogens is 3. The number of carbonyl (C=O) groups excluding carboxylic acids is 3. The van der Waals surface area contributed by atoms with Gasteiger partial charge in [-0.15, -0.1) is 23.1 Å². The average molecular weight is 552 g/mol. The highest BCUT2D eigenvalue weighted by atomic mass is 32.2. The normalized spacial score (nSPS) is 19.9. The van der Waals surface area contributed by atoms with Crippen molar-refractivity contribution in [3.05, 3.63) is 46.4 Å². The molecule has 2 aliphatic rings. The molecule has 3 aromatic heterocycles. The molecule has 36 heavy (non-hydrogen) atoms. The molecule has 3 N–H and O–H groups in total. The lowest BCUT2D eigenvalue weighted by molar-refractivity contribution is -0.687. The van der Waals surface area contributed by atoms with Crippen LogP contribution in [0.3, 0.4) is 0 Å². The number of nitrogens with zero attached hydrogens (tertiary/aromatic N) is 5. The van der Waals surface area contributed by atoms with Crippen LogP contribution in [0.15, 0.2) is 45.9 Å². The van der Waals surface area contributed by atoms with Gasteiger partial charge in [-0.25, -0.2) is 13.9 Å². The van der Waals surface area contributed by atoms with Crippen LogP contribution >= 0.6 is 34.4 Å². The Morgan fingerprint density at radius 1 is 1.42 bits per heavy atom. The molecule has 2 amide bonds. The molecule has 0 aliphatic carbocycles. The van der Waals surface area contributed by atoms with Crippen molar-refractivity contribution in [1.82, 2.24) is 19.6 Å². The van der Waals surface area contributed by atoms with Crippen LogP contribution < -0.4 is 20.7 Å². The summed E-state index contributed by atoms with van der Waals surface area (Å²) in [5.41, 5.74) is 5.80. The van der Waals surface area contributed by atoms with Crippen molar-refractivity contribution in [1.29, 1.82) is 0 Å². The monoisotopic (exact) mass is 551 g/mol. The van der Waals surface area contributed by atoms with E-state index in [1.54, 1.807) is 11.3 Å². The molecule has 0 saturated carbocycles. The maximum absolute atomic E-state index is 13.0. The van der Waals surface area contributed by atoms with Crippen LogP contribution in [-0.4, -0.2) is 68.2 Å². The highest BCUT2D eigenvalue weighted by Gasteiger charge is 2.53. The van der Waals surface area contributed by atoms with Gasteiger partial charge in [-0.05, 0) is 0 Å². The minimum atomic E-state index is -1.46. The third-order valence-corrected chi connectivity index (χ3v) is 8.25. The number of oxime groups is 1. The fourth-order valence-electron chi connectivity index (χ4n) is 3.88. The van der Waals surface area contributed by atoms with Gasteiger partial charge in [-0.3, -0.25) is 14.5 Å². The predicted molar refractivity (Wildman–Crippen MR) is 128 cm³/mol. The van der Waals surface area contributed by atoms with E-state index in [-0.39, 0.29) is 35.4 Å². The van der Waals surface area contributed by atoms with Crippen molar-refractivity contribution in [3.8, 4) is 0 Å².